The molecule has 0 aliphatic carbocycles. The zero-order valence-corrected chi connectivity index (χ0v) is 14.5. The lowest BCUT2D eigenvalue weighted by molar-refractivity contribution is -0.133. The van der Waals surface area contributed by atoms with E-state index in [0.717, 1.165) is 17.0 Å². The van der Waals surface area contributed by atoms with Crippen LogP contribution < -0.4 is 21.1 Å². The molecular formula is C17H22N4O2S. The Kier molecular flexibility index (Phi) is 5.01. The number of hydrogen-bond donors (Lipinski definition) is 3. The molecular weight excluding hydrogens is 324 g/mol. The Balaban J connectivity index is 1.58. The van der Waals surface area contributed by atoms with Crippen molar-refractivity contribution >= 4 is 22.4 Å². The van der Waals surface area contributed by atoms with E-state index in [-0.39, 0.29) is 11.3 Å². The topological polar surface area (TPSA) is 89.3 Å². The number of anilines is 1. The summed E-state index contributed by atoms with van der Waals surface area (Å²) >= 11 is 1.42. The van der Waals surface area contributed by atoms with Crippen molar-refractivity contribution in [1.29, 1.82) is 0 Å². The highest BCUT2D eigenvalue weighted by Crippen LogP contribution is 2.29. The van der Waals surface area contributed by atoms with E-state index in [4.69, 9.17) is 10.5 Å². The predicted molar refractivity (Wildman–Crippen MR) is 95.2 cm³/mol. The van der Waals surface area contributed by atoms with E-state index in [1.165, 1.54) is 11.3 Å². The monoisotopic (exact) mass is 346 g/mol. The minimum Gasteiger partial charge on any atom is -0.497 e. The van der Waals surface area contributed by atoms with Crippen molar-refractivity contribution < 1.29 is 9.53 Å². The van der Waals surface area contributed by atoms with Gasteiger partial charge in [0.1, 0.15) is 5.75 Å². The molecule has 0 bridgehead atoms. The average molecular weight is 346 g/mol. The number of nitrogens with two attached hydrogens (primary N) is 1. The van der Waals surface area contributed by atoms with Gasteiger partial charge in [-0.05, 0) is 24.1 Å². The maximum absolute atomic E-state index is 12.7. The van der Waals surface area contributed by atoms with Gasteiger partial charge in [-0.2, -0.15) is 0 Å². The Bertz CT molecular complexity index is 712. The normalized spacial score (nSPS) is 15.5. The van der Waals surface area contributed by atoms with Gasteiger partial charge < -0.3 is 21.1 Å². The quantitative estimate of drug-likeness (QED) is 0.701. The first-order valence-corrected chi connectivity index (χ1v) is 8.81. The molecule has 7 heteroatoms. The van der Waals surface area contributed by atoms with Crippen molar-refractivity contribution in [2.24, 2.45) is 5.41 Å². The van der Waals surface area contributed by atoms with Crippen molar-refractivity contribution in [3.63, 3.8) is 0 Å². The fourth-order valence-electron chi connectivity index (χ4n) is 2.89. The summed E-state index contributed by atoms with van der Waals surface area (Å²) < 4.78 is 5.27. The number of methoxy groups -OCH3 is 1. The van der Waals surface area contributed by atoms with E-state index >= 15 is 0 Å². The number of benzene rings is 1. The van der Waals surface area contributed by atoms with E-state index < -0.39 is 0 Å². The molecule has 6 nitrogen and oxygen atoms in total. The minimum absolute atomic E-state index is 0.0901. The molecule has 3 rings (SSSR count). The molecule has 24 heavy (non-hydrogen) atoms. The molecule has 4 N–H and O–H groups in total. The lowest BCUT2D eigenvalue weighted by Crippen LogP contribution is -2.62. The van der Waals surface area contributed by atoms with Crippen LogP contribution in [0.3, 0.4) is 0 Å². The molecule has 1 fully saturated rings. The number of aromatic nitrogens is 1. The summed E-state index contributed by atoms with van der Waals surface area (Å²) in [5.41, 5.74) is 7.27. The second-order valence-corrected chi connectivity index (χ2v) is 6.98. The van der Waals surface area contributed by atoms with Crippen molar-refractivity contribution in [3.8, 4) is 5.75 Å². The summed E-state index contributed by atoms with van der Waals surface area (Å²) in [5.74, 6) is 0.906. The van der Waals surface area contributed by atoms with E-state index in [0.29, 0.717) is 37.6 Å². The number of hydrogen-bond acceptors (Lipinski definition) is 6. The van der Waals surface area contributed by atoms with E-state index in [1.54, 1.807) is 7.11 Å². The van der Waals surface area contributed by atoms with Gasteiger partial charge in [-0.1, -0.05) is 12.1 Å². The highest BCUT2D eigenvalue weighted by Gasteiger charge is 2.44. The fourth-order valence-corrected chi connectivity index (χ4v) is 3.49. The van der Waals surface area contributed by atoms with Gasteiger partial charge in [0.2, 0.25) is 5.91 Å². The summed E-state index contributed by atoms with van der Waals surface area (Å²) in [5, 5.41) is 8.76. The van der Waals surface area contributed by atoms with Crippen LogP contribution in [0.4, 0.5) is 5.13 Å². The number of thiazole rings is 1. The van der Waals surface area contributed by atoms with Crippen LogP contribution in [0.2, 0.25) is 0 Å². The van der Waals surface area contributed by atoms with Gasteiger partial charge in [-0.15, -0.1) is 11.3 Å². The van der Waals surface area contributed by atoms with Crippen molar-refractivity contribution in [2.45, 2.75) is 12.8 Å². The second kappa shape index (κ2) is 7.19. The van der Waals surface area contributed by atoms with E-state index in [9.17, 15) is 4.79 Å². The largest absolute Gasteiger partial charge is 0.497 e. The third-order valence-electron chi connectivity index (χ3n) is 4.32. The van der Waals surface area contributed by atoms with Gasteiger partial charge in [0, 0.05) is 31.4 Å². The Labute approximate surface area is 145 Å². The van der Waals surface area contributed by atoms with Gasteiger partial charge >= 0.3 is 0 Å². The molecule has 1 aromatic heterocycles. The highest BCUT2D eigenvalue weighted by atomic mass is 32.1. The standard InChI is InChI=1S/C17H22N4O2S/c1-23-14-4-2-3-12(7-14)8-17(10-19-11-17)15(22)20-6-5-13-9-24-16(18)21-13/h2-4,7,9,19H,5-6,8,10-11H2,1H3,(H2,18,21)(H,20,22). The number of carbonyl (C=O) groups is 1. The Hall–Kier alpha value is -2.12. The maximum atomic E-state index is 12.7. The summed E-state index contributed by atoms with van der Waals surface area (Å²) in [6, 6.07) is 7.90. The molecule has 0 radical (unpaired) electrons. The van der Waals surface area contributed by atoms with Crippen LogP contribution in [0.15, 0.2) is 29.6 Å². The molecule has 0 atom stereocenters. The fraction of sp³-hybridized carbons (Fsp3) is 0.412. The first-order valence-electron chi connectivity index (χ1n) is 7.93. The second-order valence-electron chi connectivity index (χ2n) is 6.10. The first-order chi connectivity index (χ1) is 11.6. The van der Waals surface area contributed by atoms with Gasteiger partial charge in [0.25, 0.3) is 0 Å². The van der Waals surface area contributed by atoms with Gasteiger partial charge in [0.05, 0.1) is 18.2 Å². The molecule has 2 heterocycles. The van der Waals surface area contributed by atoms with Crippen LogP contribution in [0.25, 0.3) is 0 Å². The van der Waals surface area contributed by atoms with Crippen molar-refractivity contribution in [1.82, 2.24) is 15.6 Å². The van der Waals surface area contributed by atoms with Crippen LogP contribution in [0.5, 0.6) is 5.75 Å². The van der Waals surface area contributed by atoms with Crippen LogP contribution in [-0.2, 0) is 17.6 Å². The molecule has 1 amide bonds. The number of nitrogen functional groups attached to an aromatic ring is 1. The smallest absolute Gasteiger partial charge is 0.229 e. The van der Waals surface area contributed by atoms with Crippen LogP contribution in [0, 0.1) is 5.41 Å². The van der Waals surface area contributed by atoms with Crippen molar-refractivity contribution in [2.75, 3.05) is 32.5 Å². The highest BCUT2D eigenvalue weighted by molar-refractivity contribution is 7.13. The zero-order chi connectivity index (χ0) is 17.0. The van der Waals surface area contributed by atoms with E-state index in [1.807, 2.05) is 29.6 Å². The average Bonchev–Trinajstić information content (AvgIpc) is 2.96. The number of nitrogens with one attached hydrogen (secondary N) is 2. The molecule has 0 saturated carbocycles. The Morgan fingerprint density at radius 1 is 1.50 bits per heavy atom. The first kappa shape index (κ1) is 16.7. The summed E-state index contributed by atoms with van der Waals surface area (Å²) in [4.78, 5) is 16.9. The van der Waals surface area contributed by atoms with E-state index in [2.05, 4.69) is 15.6 Å². The van der Waals surface area contributed by atoms with Gasteiger partial charge in [0.15, 0.2) is 5.13 Å². The SMILES string of the molecule is COc1cccc(CC2(C(=O)NCCc3csc(N)n3)CNC2)c1. The summed E-state index contributed by atoms with van der Waals surface area (Å²) in [6.45, 7) is 1.96. The third-order valence-corrected chi connectivity index (χ3v) is 5.04. The molecule has 128 valence electrons. The lowest BCUT2D eigenvalue weighted by Gasteiger charge is -2.41. The number of nitrogens with zero attached hydrogens (tertiary/aromatic N) is 1. The lowest BCUT2D eigenvalue weighted by atomic mass is 9.75. The summed E-state index contributed by atoms with van der Waals surface area (Å²) in [7, 11) is 1.65. The number of carbonyl (C=O) groups excluding carboxylic acids is 1. The van der Waals surface area contributed by atoms with Crippen molar-refractivity contribution in [3.05, 3.63) is 40.9 Å². The molecule has 1 aliphatic rings. The summed E-state index contributed by atoms with van der Waals surface area (Å²) in [6.07, 6.45) is 1.40. The molecule has 1 aliphatic heterocycles. The molecule has 1 aromatic carbocycles. The number of ether oxygens (including phenoxy) is 1. The number of rotatable bonds is 7. The maximum Gasteiger partial charge on any atom is 0.229 e. The molecule has 0 spiro atoms. The van der Waals surface area contributed by atoms with Crippen LogP contribution >= 0.6 is 11.3 Å². The third kappa shape index (κ3) is 3.68. The van der Waals surface area contributed by atoms with Gasteiger partial charge in [-0.3, -0.25) is 4.79 Å². The molecule has 1 saturated heterocycles. The van der Waals surface area contributed by atoms with Crippen LogP contribution in [0.1, 0.15) is 11.3 Å². The Morgan fingerprint density at radius 2 is 2.33 bits per heavy atom. The number of amides is 1. The Morgan fingerprint density at radius 3 is 2.96 bits per heavy atom. The zero-order valence-electron chi connectivity index (χ0n) is 13.7. The molecule has 2 aromatic rings. The molecule has 0 unspecified atom stereocenters. The minimum atomic E-state index is -0.381. The predicted octanol–water partition coefficient (Wildman–Crippen LogP) is 1.22. The van der Waals surface area contributed by atoms with Crippen LogP contribution in [-0.4, -0.2) is 37.6 Å². The van der Waals surface area contributed by atoms with Gasteiger partial charge in [-0.25, -0.2) is 4.98 Å².